The number of carbonyl (C=O) groups is 1. The molecule has 1 aromatic carbocycles. The molecule has 0 saturated heterocycles. The number of aldehydes is 1. The molecule has 14 heavy (non-hydrogen) atoms. The van der Waals surface area contributed by atoms with Crippen LogP contribution in [0.1, 0.15) is 5.56 Å². The van der Waals surface area contributed by atoms with Crippen LogP contribution in [-0.4, -0.2) is 25.9 Å². The topological polar surface area (TPSA) is 41.1 Å². The van der Waals surface area contributed by atoms with E-state index in [0.29, 0.717) is 6.54 Å². The van der Waals surface area contributed by atoms with Crippen molar-refractivity contribution < 1.29 is 4.79 Å². The van der Waals surface area contributed by atoms with E-state index in [1.165, 1.54) is 5.56 Å². The predicted molar refractivity (Wildman–Crippen MR) is 57.1 cm³/mol. The van der Waals surface area contributed by atoms with Crippen LogP contribution < -0.4 is 10.6 Å². The van der Waals surface area contributed by atoms with Crippen molar-refractivity contribution >= 4 is 6.29 Å². The van der Waals surface area contributed by atoms with E-state index in [9.17, 15) is 4.79 Å². The Kier molecular flexibility index (Phi) is 5.63. The van der Waals surface area contributed by atoms with Gasteiger partial charge in [0.25, 0.3) is 0 Å². The molecule has 0 spiro atoms. The number of nitrogens with one attached hydrogen (secondary N) is 2. The van der Waals surface area contributed by atoms with E-state index in [-0.39, 0.29) is 0 Å². The minimum Gasteiger partial charge on any atom is -0.311 e. The Labute approximate surface area is 84.5 Å². The minimum atomic E-state index is 0.438. The average Bonchev–Trinajstić information content (AvgIpc) is 2.25. The maximum absolute atomic E-state index is 9.98. The highest BCUT2D eigenvalue weighted by Crippen LogP contribution is 1.96. The molecule has 1 aromatic rings. The Morgan fingerprint density at radius 1 is 1.07 bits per heavy atom. The van der Waals surface area contributed by atoms with Gasteiger partial charge in [-0.15, -0.1) is 0 Å². The molecule has 2 N–H and O–H groups in total. The summed E-state index contributed by atoms with van der Waals surface area (Å²) >= 11 is 0. The van der Waals surface area contributed by atoms with Crippen LogP contribution in [0.15, 0.2) is 30.3 Å². The molecule has 0 saturated carbocycles. The van der Waals surface area contributed by atoms with Gasteiger partial charge in [0.05, 0.1) is 6.54 Å². The fourth-order valence-electron chi connectivity index (χ4n) is 1.17. The van der Waals surface area contributed by atoms with Crippen LogP contribution in [0, 0.1) is 0 Å². The van der Waals surface area contributed by atoms with Gasteiger partial charge in [0.2, 0.25) is 0 Å². The zero-order valence-corrected chi connectivity index (χ0v) is 8.20. The normalized spacial score (nSPS) is 10.0. The van der Waals surface area contributed by atoms with E-state index in [0.717, 1.165) is 25.9 Å². The second-order valence-corrected chi connectivity index (χ2v) is 3.03. The van der Waals surface area contributed by atoms with Gasteiger partial charge in [-0.3, -0.25) is 0 Å². The first-order chi connectivity index (χ1) is 6.93. The molecule has 3 nitrogen and oxygen atoms in total. The van der Waals surface area contributed by atoms with Gasteiger partial charge < -0.3 is 15.4 Å². The summed E-state index contributed by atoms with van der Waals surface area (Å²) in [4.78, 5) is 9.98. The fraction of sp³-hybridized carbons (Fsp3) is 0.364. The number of rotatable bonds is 7. The van der Waals surface area contributed by atoms with E-state index in [1.54, 1.807) is 0 Å². The summed E-state index contributed by atoms with van der Waals surface area (Å²) in [6.07, 6.45) is 0.872. The van der Waals surface area contributed by atoms with Crippen molar-refractivity contribution in [3.8, 4) is 0 Å². The average molecular weight is 192 g/mol. The molecule has 0 aromatic heterocycles. The van der Waals surface area contributed by atoms with Gasteiger partial charge >= 0.3 is 0 Å². The van der Waals surface area contributed by atoms with Crippen LogP contribution >= 0.6 is 0 Å². The first-order valence-electron chi connectivity index (χ1n) is 4.82. The lowest BCUT2D eigenvalue weighted by molar-refractivity contribution is -0.107. The largest absolute Gasteiger partial charge is 0.311 e. The van der Waals surface area contributed by atoms with Crippen molar-refractivity contribution in [2.45, 2.75) is 6.54 Å². The summed E-state index contributed by atoms with van der Waals surface area (Å²) in [6, 6.07) is 10.2. The molecule has 0 fully saturated rings. The highest BCUT2D eigenvalue weighted by Gasteiger charge is 1.89. The standard InChI is InChI=1S/C11H16N2O/c14-9-8-12-6-7-13-10-11-4-2-1-3-5-11/h1-5,9,12-13H,6-8,10H2. The molecule has 0 aliphatic carbocycles. The number of carbonyl (C=O) groups excluding carboxylic acids is 1. The van der Waals surface area contributed by atoms with E-state index >= 15 is 0 Å². The van der Waals surface area contributed by atoms with Crippen LogP contribution in [0.5, 0.6) is 0 Å². The molecule has 0 radical (unpaired) electrons. The third-order valence-electron chi connectivity index (χ3n) is 1.88. The Hall–Kier alpha value is -1.19. The molecule has 0 atom stereocenters. The van der Waals surface area contributed by atoms with Crippen LogP contribution in [0.3, 0.4) is 0 Å². The molecule has 0 aliphatic heterocycles. The predicted octanol–water partition coefficient (Wildman–Crippen LogP) is 0.565. The summed E-state index contributed by atoms with van der Waals surface area (Å²) < 4.78 is 0. The van der Waals surface area contributed by atoms with E-state index in [2.05, 4.69) is 22.8 Å². The van der Waals surface area contributed by atoms with E-state index in [4.69, 9.17) is 0 Å². The molecule has 0 amide bonds. The summed E-state index contributed by atoms with van der Waals surface area (Å²) in [5.74, 6) is 0. The maximum atomic E-state index is 9.98. The lowest BCUT2D eigenvalue weighted by Crippen LogP contribution is -2.28. The molecule has 0 bridgehead atoms. The third kappa shape index (κ3) is 4.74. The highest BCUT2D eigenvalue weighted by atomic mass is 16.1. The summed E-state index contributed by atoms with van der Waals surface area (Å²) in [5, 5.41) is 6.27. The molecule has 1 rings (SSSR count). The highest BCUT2D eigenvalue weighted by molar-refractivity contribution is 5.51. The Morgan fingerprint density at radius 3 is 2.50 bits per heavy atom. The second-order valence-electron chi connectivity index (χ2n) is 3.03. The van der Waals surface area contributed by atoms with Crippen LogP contribution in [0.4, 0.5) is 0 Å². The summed E-state index contributed by atoms with van der Waals surface area (Å²) in [5.41, 5.74) is 1.28. The van der Waals surface area contributed by atoms with E-state index < -0.39 is 0 Å². The molecule has 0 heterocycles. The zero-order chi connectivity index (χ0) is 10.1. The van der Waals surface area contributed by atoms with Gasteiger partial charge in [0.15, 0.2) is 0 Å². The second kappa shape index (κ2) is 7.24. The number of hydrogen-bond acceptors (Lipinski definition) is 3. The van der Waals surface area contributed by atoms with Crippen molar-refractivity contribution in [1.29, 1.82) is 0 Å². The lowest BCUT2D eigenvalue weighted by Gasteiger charge is -2.04. The molecule has 0 aliphatic rings. The third-order valence-corrected chi connectivity index (χ3v) is 1.88. The van der Waals surface area contributed by atoms with Crippen molar-refractivity contribution in [1.82, 2.24) is 10.6 Å². The molecular weight excluding hydrogens is 176 g/mol. The summed E-state index contributed by atoms with van der Waals surface area (Å²) in [6.45, 7) is 3.02. The van der Waals surface area contributed by atoms with Crippen LogP contribution in [-0.2, 0) is 11.3 Å². The zero-order valence-electron chi connectivity index (χ0n) is 8.20. The van der Waals surface area contributed by atoms with Crippen LogP contribution in [0.25, 0.3) is 0 Å². The first kappa shape index (κ1) is 10.9. The van der Waals surface area contributed by atoms with Gasteiger partial charge in [-0.25, -0.2) is 0 Å². The quantitative estimate of drug-likeness (QED) is 0.490. The lowest BCUT2D eigenvalue weighted by atomic mass is 10.2. The number of hydrogen-bond donors (Lipinski definition) is 2. The van der Waals surface area contributed by atoms with Crippen molar-refractivity contribution in [3.63, 3.8) is 0 Å². The van der Waals surface area contributed by atoms with Crippen molar-refractivity contribution in [2.24, 2.45) is 0 Å². The molecule has 0 unspecified atom stereocenters. The smallest absolute Gasteiger partial charge is 0.133 e. The van der Waals surface area contributed by atoms with Gasteiger partial charge in [0.1, 0.15) is 6.29 Å². The minimum absolute atomic E-state index is 0.438. The Balaban J connectivity index is 2.02. The van der Waals surface area contributed by atoms with Gasteiger partial charge in [-0.05, 0) is 5.56 Å². The molecular formula is C11H16N2O. The van der Waals surface area contributed by atoms with Crippen molar-refractivity contribution in [3.05, 3.63) is 35.9 Å². The van der Waals surface area contributed by atoms with Gasteiger partial charge in [-0.2, -0.15) is 0 Å². The van der Waals surface area contributed by atoms with E-state index in [1.807, 2.05) is 18.2 Å². The summed E-state index contributed by atoms with van der Waals surface area (Å²) in [7, 11) is 0. The van der Waals surface area contributed by atoms with Crippen molar-refractivity contribution in [2.75, 3.05) is 19.6 Å². The SMILES string of the molecule is O=CCNCCNCc1ccccc1. The van der Waals surface area contributed by atoms with Gasteiger partial charge in [0, 0.05) is 19.6 Å². The Morgan fingerprint density at radius 2 is 1.79 bits per heavy atom. The number of benzene rings is 1. The van der Waals surface area contributed by atoms with Gasteiger partial charge in [-0.1, -0.05) is 30.3 Å². The fourth-order valence-corrected chi connectivity index (χ4v) is 1.17. The first-order valence-corrected chi connectivity index (χ1v) is 4.82. The monoisotopic (exact) mass is 192 g/mol. The Bertz CT molecular complexity index is 249. The molecule has 76 valence electrons. The molecule has 3 heteroatoms. The maximum Gasteiger partial charge on any atom is 0.133 e. The van der Waals surface area contributed by atoms with Crippen LogP contribution in [0.2, 0.25) is 0 Å².